The minimum Gasteiger partial charge on any atom is -0.229 e. The van der Waals surface area contributed by atoms with Crippen molar-refractivity contribution in [2.75, 3.05) is 24.6 Å². The molecule has 1 aliphatic heterocycles. The van der Waals surface area contributed by atoms with Crippen LogP contribution in [-0.4, -0.2) is 59.7 Å². The Hall–Kier alpha value is -1.79. The van der Waals surface area contributed by atoms with Crippen LogP contribution in [0.3, 0.4) is 0 Å². The maximum absolute atomic E-state index is 13.6. The highest BCUT2D eigenvalue weighted by atomic mass is 32.2. The molecule has 1 heterocycles. The number of sulfonamides is 2. The highest BCUT2D eigenvalue weighted by Gasteiger charge is 2.47. The molecule has 0 aromatic heterocycles. The van der Waals surface area contributed by atoms with Crippen molar-refractivity contribution in [2.24, 2.45) is 0 Å². The first-order valence-electron chi connectivity index (χ1n) is 11.2. The first-order chi connectivity index (χ1) is 15.8. The van der Waals surface area contributed by atoms with Crippen molar-refractivity contribution < 1.29 is 25.3 Å². The van der Waals surface area contributed by atoms with Crippen molar-refractivity contribution in [3.05, 3.63) is 59.7 Å². The second-order valence-corrected chi connectivity index (χ2v) is 14.6. The average molecular weight is 529 g/mol. The third-order valence-corrected chi connectivity index (χ3v) is 11.7. The van der Waals surface area contributed by atoms with E-state index in [2.05, 4.69) is 4.72 Å². The van der Waals surface area contributed by atoms with E-state index in [4.69, 9.17) is 0 Å². The minimum absolute atomic E-state index is 0.0493. The van der Waals surface area contributed by atoms with Gasteiger partial charge in [-0.25, -0.2) is 30.0 Å². The molecule has 2 aromatic rings. The molecule has 1 atom stereocenters. The molecule has 1 N–H and O–H groups in total. The highest BCUT2D eigenvalue weighted by molar-refractivity contribution is 7.92. The molecule has 1 aliphatic rings. The van der Waals surface area contributed by atoms with Crippen molar-refractivity contribution in [2.45, 2.75) is 55.4 Å². The zero-order valence-electron chi connectivity index (χ0n) is 19.7. The Morgan fingerprint density at radius 1 is 0.882 bits per heavy atom. The second-order valence-electron chi connectivity index (χ2n) is 8.81. The molecule has 0 amide bonds. The molecule has 1 fully saturated rings. The molecule has 0 radical (unpaired) electrons. The Labute approximate surface area is 203 Å². The van der Waals surface area contributed by atoms with Crippen molar-refractivity contribution >= 4 is 29.9 Å². The van der Waals surface area contributed by atoms with Gasteiger partial charge in [0.25, 0.3) is 0 Å². The quantitative estimate of drug-likeness (QED) is 0.506. The lowest BCUT2D eigenvalue weighted by molar-refractivity contribution is 0.236. The standard InChI is InChI=1S/C23H32N2O6S3/c1-4-19-6-10-21(11-7-19)33(28,29)24-15-16-25(23(3)14-17-32(26,27)18-23)34(30,31)22-12-8-20(5-2)9-13-22/h6-13,24H,4-5,14-18H2,1-3H3/t23-/m0/s1. The van der Waals surface area contributed by atoms with Gasteiger partial charge in [0.15, 0.2) is 9.84 Å². The third kappa shape index (κ3) is 5.88. The molecule has 0 bridgehead atoms. The van der Waals surface area contributed by atoms with Gasteiger partial charge >= 0.3 is 0 Å². The summed E-state index contributed by atoms with van der Waals surface area (Å²) in [5, 5.41) is 0. The Balaban J connectivity index is 1.87. The van der Waals surface area contributed by atoms with Crippen molar-refractivity contribution in [1.29, 1.82) is 0 Å². The van der Waals surface area contributed by atoms with Gasteiger partial charge in [-0.1, -0.05) is 38.1 Å². The van der Waals surface area contributed by atoms with Crippen LogP contribution in [0.1, 0.15) is 38.3 Å². The van der Waals surface area contributed by atoms with Crippen LogP contribution < -0.4 is 4.72 Å². The summed E-state index contributed by atoms with van der Waals surface area (Å²) in [6.45, 7) is 5.14. The van der Waals surface area contributed by atoms with E-state index < -0.39 is 35.4 Å². The van der Waals surface area contributed by atoms with E-state index in [0.717, 1.165) is 28.3 Å². The van der Waals surface area contributed by atoms with Gasteiger partial charge in [-0.05, 0) is 61.6 Å². The zero-order chi connectivity index (χ0) is 25.2. The Bertz CT molecular complexity index is 1320. The van der Waals surface area contributed by atoms with Gasteiger partial charge in [0.2, 0.25) is 20.0 Å². The van der Waals surface area contributed by atoms with E-state index in [0.29, 0.717) is 0 Å². The van der Waals surface area contributed by atoms with Crippen LogP contribution in [0.2, 0.25) is 0 Å². The lowest BCUT2D eigenvalue weighted by Crippen LogP contribution is -2.53. The fourth-order valence-corrected chi connectivity index (χ4v) is 9.21. The summed E-state index contributed by atoms with van der Waals surface area (Å²) < 4.78 is 80.7. The Morgan fingerprint density at radius 2 is 1.38 bits per heavy atom. The summed E-state index contributed by atoms with van der Waals surface area (Å²) >= 11 is 0. The third-order valence-electron chi connectivity index (χ3n) is 6.25. The summed E-state index contributed by atoms with van der Waals surface area (Å²) in [6.07, 6.45) is 1.68. The average Bonchev–Trinajstić information content (AvgIpc) is 3.09. The summed E-state index contributed by atoms with van der Waals surface area (Å²) in [5.74, 6) is -0.419. The maximum atomic E-state index is 13.6. The number of sulfone groups is 1. The fourth-order valence-electron chi connectivity index (χ4n) is 4.16. The van der Waals surface area contributed by atoms with Crippen molar-refractivity contribution in [3.63, 3.8) is 0 Å². The first-order valence-corrected chi connectivity index (χ1v) is 16.0. The largest absolute Gasteiger partial charge is 0.243 e. The summed E-state index contributed by atoms with van der Waals surface area (Å²) in [6, 6.07) is 12.9. The molecule has 0 unspecified atom stereocenters. The van der Waals surface area contributed by atoms with Crippen LogP contribution in [0.4, 0.5) is 0 Å². The van der Waals surface area contributed by atoms with E-state index in [1.54, 1.807) is 31.2 Å². The van der Waals surface area contributed by atoms with E-state index in [1.807, 2.05) is 13.8 Å². The van der Waals surface area contributed by atoms with Gasteiger partial charge in [-0.2, -0.15) is 4.31 Å². The van der Waals surface area contributed by atoms with Gasteiger partial charge in [0, 0.05) is 18.6 Å². The smallest absolute Gasteiger partial charge is 0.229 e. The summed E-state index contributed by atoms with van der Waals surface area (Å²) in [7, 11) is -11.3. The Morgan fingerprint density at radius 3 is 1.82 bits per heavy atom. The Kier molecular flexibility index (Phi) is 7.93. The van der Waals surface area contributed by atoms with E-state index in [1.165, 1.54) is 24.3 Å². The molecule has 34 heavy (non-hydrogen) atoms. The van der Waals surface area contributed by atoms with Crippen LogP contribution in [0, 0.1) is 0 Å². The predicted octanol–water partition coefficient (Wildman–Crippen LogP) is 2.36. The number of aryl methyl sites for hydroxylation is 2. The molecular formula is C23H32N2O6S3. The van der Waals surface area contributed by atoms with Crippen LogP contribution in [0.5, 0.6) is 0 Å². The maximum Gasteiger partial charge on any atom is 0.243 e. The van der Waals surface area contributed by atoms with E-state index in [9.17, 15) is 25.3 Å². The van der Waals surface area contributed by atoms with Crippen LogP contribution >= 0.6 is 0 Å². The van der Waals surface area contributed by atoms with Gasteiger partial charge in [-0.3, -0.25) is 0 Å². The van der Waals surface area contributed by atoms with Crippen molar-refractivity contribution in [1.82, 2.24) is 9.03 Å². The molecular weight excluding hydrogens is 496 g/mol. The second kappa shape index (κ2) is 10.1. The highest BCUT2D eigenvalue weighted by Crippen LogP contribution is 2.34. The topological polar surface area (TPSA) is 118 Å². The SMILES string of the molecule is CCc1ccc(S(=O)(=O)NCCN([C@@]2(C)CCS(=O)(=O)C2)S(=O)(=O)c2ccc(CC)cc2)cc1. The number of hydrogen-bond donors (Lipinski definition) is 1. The normalized spacial score (nSPS) is 20.6. The number of nitrogens with zero attached hydrogens (tertiary/aromatic N) is 1. The van der Waals surface area contributed by atoms with Crippen LogP contribution in [0.25, 0.3) is 0 Å². The molecule has 3 rings (SSSR count). The van der Waals surface area contributed by atoms with Crippen molar-refractivity contribution in [3.8, 4) is 0 Å². The fraction of sp³-hybridized carbons (Fsp3) is 0.478. The molecule has 188 valence electrons. The van der Waals surface area contributed by atoms with Gasteiger partial charge < -0.3 is 0 Å². The number of nitrogens with one attached hydrogen (secondary N) is 1. The van der Waals surface area contributed by atoms with Crippen LogP contribution in [0.15, 0.2) is 58.3 Å². The molecule has 8 nitrogen and oxygen atoms in total. The molecule has 2 aromatic carbocycles. The summed E-state index contributed by atoms with van der Waals surface area (Å²) in [4.78, 5) is 0.136. The van der Waals surface area contributed by atoms with Crippen LogP contribution in [-0.2, 0) is 42.7 Å². The number of rotatable bonds is 10. The monoisotopic (exact) mass is 528 g/mol. The van der Waals surface area contributed by atoms with E-state index >= 15 is 0 Å². The molecule has 1 saturated heterocycles. The van der Waals surface area contributed by atoms with Gasteiger partial charge in [0.1, 0.15) is 0 Å². The molecule has 0 aliphatic carbocycles. The van der Waals surface area contributed by atoms with E-state index in [-0.39, 0.29) is 40.8 Å². The molecule has 11 heteroatoms. The molecule has 0 saturated carbocycles. The lowest BCUT2D eigenvalue weighted by atomic mass is 10.0. The number of benzene rings is 2. The summed E-state index contributed by atoms with van der Waals surface area (Å²) in [5.41, 5.74) is 0.803. The number of hydrogen-bond acceptors (Lipinski definition) is 6. The zero-order valence-corrected chi connectivity index (χ0v) is 22.1. The minimum atomic E-state index is -4.08. The first kappa shape index (κ1) is 26.8. The van der Waals surface area contributed by atoms with Gasteiger partial charge in [-0.15, -0.1) is 0 Å². The van der Waals surface area contributed by atoms with Gasteiger partial charge in [0.05, 0.1) is 21.3 Å². The predicted molar refractivity (Wildman–Crippen MR) is 132 cm³/mol. The molecule has 0 spiro atoms. The lowest BCUT2D eigenvalue weighted by Gasteiger charge is -2.36.